The zero-order chi connectivity index (χ0) is 22.1. The Morgan fingerprint density at radius 2 is 2.03 bits per heavy atom. The van der Waals surface area contributed by atoms with Crippen LogP contribution in [0.4, 0.5) is 0 Å². The van der Waals surface area contributed by atoms with Crippen LogP contribution in [-0.4, -0.2) is 30.2 Å². The van der Waals surface area contributed by atoms with E-state index < -0.39 is 0 Å². The van der Waals surface area contributed by atoms with Crippen molar-refractivity contribution in [1.29, 1.82) is 0 Å². The summed E-state index contributed by atoms with van der Waals surface area (Å²) in [7, 11) is 1.92. The highest BCUT2D eigenvalue weighted by atomic mass is 32.1. The number of hydrogen-bond acceptors (Lipinski definition) is 5. The second-order valence-corrected chi connectivity index (χ2v) is 8.68. The molecule has 0 saturated carbocycles. The van der Waals surface area contributed by atoms with Crippen molar-refractivity contribution < 1.29 is 4.79 Å². The Labute approximate surface area is 189 Å². The lowest BCUT2D eigenvalue weighted by Gasteiger charge is -2.19. The first-order valence-electron chi connectivity index (χ1n) is 10.3. The maximum atomic E-state index is 13.5. The molecule has 4 heterocycles. The molecule has 32 heavy (non-hydrogen) atoms. The number of carbonyl (C=O) groups is 1. The van der Waals surface area contributed by atoms with Gasteiger partial charge >= 0.3 is 0 Å². The second-order valence-electron chi connectivity index (χ2n) is 7.64. The predicted molar refractivity (Wildman–Crippen MR) is 125 cm³/mol. The summed E-state index contributed by atoms with van der Waals surface area (Å²) in [5.41, 5.74) is 2.99. The number of hydrogen-bond donors (Lipinski definition) is 1. The van der Waals surface area contributed by atoms with Crippen molar-refractivity contribution in [2.24, 2.45) is 7.05 Å². The molecule has 0 aliphatic carbocycles. The fraction of sp³-hybridized carbons (Fsp3) is 0.167. The standard InChI is InChI=1S/C24H22N6OS/c1-16-13-19(20-14-26-30(22(20)27-16)15-18-9-6-12-32-18)24(31)28-21(17-7-4-3-5-8-17)23-25-10-11-29(23)2/h3-14,21H,15H2,1-2H3,(H,28,31). The number of fused-ring (bicyclic) bond motifs is 1. The molecule has 4 aromatic heterocycles. The molecule has 0 fully saturated rings. The van der Waals surface area contributed by atoms with E-state index in [0.717, 1.165) is 22.5 Å². The molecule has 0 aliphatic heterocycles. The SMILES string of the molecule is Cc1cc(C(=O)NC(c2ccccc2)c2nccn2C)c2cnn(Cc3cccs3)c2n1. The lowest BCUT2D eigenvalue weighted by molar-refractivity contribution is 0.0942. The van der Waals surface area contributed by atoms with Crippen molar-refractivity contribution in [3.05, 3.63) is 100 Å². The minimum Gasteiger partial charge on any atom is -0.338 e. The van der Waals surface area contributed by atoms with Gasteiger partial charge in [-0.3, -0.25) is 4.79 Å². The Morgan fingerprint density at radius 3 is 2.75 bits per heavy atom. The first kappa shape index (κ1) is 20.1. The molecule has 0 aliphatic rings. The Morgan fingerprint density at radius 1 is 1.19 bits per heavy atom. The second kappa shape index (κ2) is 8.39. The van der Waals surface area contributed by atoms with Crippen LogP contribution in [0, 0.1) is 6.92 Å². The van der Waals surface area contributed by atoms with Gasteiger partial charge in [0, 0.05) is 30.0 Å². The van der Waals surface area contributed by atoms with Crippen molar-refractivity contribution in [1.82, 2.24) is 29.6 Å². The molecule has 8 heteroatoms. The van der Waals surface area contributed by atoms with Gasteiger partial charge in [0.15, 0.2) is 5.65 Å². The Balaban J connectivity index is 1.52. The number of nitrogens with zero attached hydrogens (tertiary/aromatic N) is 5. The molecular formula is C24H22N6OS. The van der Waals surface area contributed by atoms with Gasteiger partial charge in [-0.25, -0.2) is 14.6 Å². The molecule has 0 spiro atoms. The first-order valence-corrected chi connectivity index (χ1v) is 11.2. The lowest BCUT2D eigenvalue weighted by atomic mass is 10.0. The van der Waals surface area contributed by atoms with Crippen molar-refractivity contribution in [2.75, 3.05) is 0 Å². The molecular weight excluding hydrogens is 420 g/mol. The molecule has 160 valence electrons. The molecule has 1 aromatic carbocycles. The third-order valence-corrected chi connectivity index (χ3v) is 6.25. The monoisotopic (exact) mass is 442 g/mol. The molecule has 5 rings (SSSR count). The number of nitrogens with one attached hydrogen (secondary N) is 1. The fourth-order valence-electron chi connectivity index (χ4n) is 3.83. The number of amides is 1. The van der Waals surface area contributed by atoms with E-state index in [-0.39, 0.29) is 11.9 Å². The molecule has 0 saturated heterocycles. The number of thiophene rings is 1. The number of carbonyl (C=O) groups excluding carboxylic acids is 1. The van der Waals surface area contributed by atoms with Gasteiger partial charge < -0.3 is 9.88 Å². The van der Waals surface area contributed by atoms with E-state index in [1.807, 2.05) is 77.3 Å². The van der Waals surface area contributed by atoms with Gasteiger partial charge in [-0.1, -0.05) is 36.4 Å². The smallest absolute Gasteiger partial charge is 0.253 e. The summed E-state index contributed by atoms with van der Waals surface area (Å²) in [5.74, 6) is 0.577. The fourth-order valence-corrected chi connectivity index (χ4v) is 4.52. The van der Waals surface area contributed by atoms with Gasteiger partial charge in [0.1, 0.15) is 11.9 Å². The predicted octanol–water partition coefficient (Wildman–Crippen LogP) is 4.10. The first-order chi connectivity index (χ1) is 15.6. The minimum absolute atomic E-state index is 0.187. The van der Waals surface area contributed by atoms with Crippen LogP contribution in [0.25, 0.3) is 11.0 Å². The molecule has 0 bridgehead atoms. The zero-order valence-electron chi connectivity index (χ0n) is 17.8. The number of pyridine rings is 1. The molecule has 1 unspecified atom stereocenters. The largest absolute Gasteiger partial charge is 0.338 e. The van der Waals surface area contributed by atoms with Crippen LogP contribution >= 0.6 is 11.3 Å². The highest BCUT2D eigenvalue weighted by Crippen LogP contribution is 2.24. The highest BCUT2D eigenvalue weighted by Gasteiger charge is 2.23. The van der Waals surface area contributed by atoms with Gasteiger partial charge in [-0.2, -0.15) is 5.10 Å². The van der Waals surface area contributed by atoms with E-state index in [2.05, 4.69) is 26.4 Å². The van der Waals surface area contributed by atoms with Crippen LogP contribution in [0.15, 0.2) is 72.5 Å². The van der Waals surface area contributed by atoms with Crippen molar-refractivity contribution in [3.8, 4) is 0 Å². The maximum Gasteiger partial charge on any atom is 0.253 e. The summed E-state index contributed by atoms with van der Waals surface area (Å²) in [6.07, 6.45) is 5.34. The highest BCUT2D eigenvalue weighted by molar-refractivity contribution is 7.09. The van der Waals surface area contributed by atoms with Gasteiger partial charge in [0.05, 0.1) is 23.7 Å². The number of aryl methyl sites for hydroxylation is 2. The normalized spacial score (nSPS) is 12.2. The molecule has 1 atom stereocenters. The van der Waals surface area contributed by atoms with Crippen LogP contribution in [0.5, 0.6) is 0 Å². The van der Waals surface area contributed by atoms with Crippen LogP contribution < -0.4 is 5.32 Å². The average molecular weight is 443 g/mol. The topological polar surface area (TPSA) is 77.6 Å². The van der Waals surface area contributed by atoms with E-state index in [1.165, 1.54) is 4.88 Å². The van der Waals surface area contributed by atoms with Crippen LogP contribution in [0.1, 0.15) is 38.4 Å². The third-order valence-electron chi connectivity index (χ3n) is 5.39. The van der Waals surface area contributed by atoms with E-state index >= 15 is 0 Å². The Hall–Kier alpha value is -3.78. The maximum absolute atomic E-state index is 13.5. The van der Waals surface area contributed by atoms with E-state index in [9.17, 15) is 4.79 Å². The third kappa shape index (κ3) is 3.80. The van der Waals surface area contributed by atoms with Gasteiger partial charge in [-0.05, 0) is 30.0 Å². The summed E-state index contributed by atoms with van der Waals surface area (Å²) in [4.78, 5) is 23.9. The van der Waals surface area contributed by atoms with Crippen LogP contribution in [0.3, 0.4) is 0 Å². The number of aromatic nitrogens is 5. The number of benzene rings is 1. The van der Waals surface area contributed by atoms with Crippen molar-refractivity contribution in [2.45, 2.75) is 19.5 Å². The molecule has 7 nitrogen and oxygen atoms in total. The summed E-state index contributed by atoms with van der Waals surface area (Å²) >= 11 is 1.67. The van der Waals surface area contributed by atoms with E-state index in [1.54, 1.807) is 23.7 Å². The number of rotatable bonds is 6. The molecule has 1 N–H and O–H groups in total. The molecule has 5 aromatic rings. The minimum atomic E-state index is -0.381. The quantitative estimate of drug-likeness (QED) is 0.429. The molecule has 1 amide bonds. The Kier molecular flexibility index (Phi) is 5.28. The van der Waals surface area contributed by atoms with Crippen LogP contribution in [0.2, 0.25) is 0 Å². The van der Waals surface area contributed by atoms with Gasteiger partial charge in [0.2, 0.25) is 0 Å². The van der Waals surface area contributed by atoms with Crippen LogP contribution in [-0.2, 0) is 13.6 Å². The van der Waals surface area contributed by atoms with E-state index in [0.29, 0.717) is 17.8 Å². The van der Waals surface area contributed by atoms with Gasteiger partial charge in [-0.15, -0.1) is 11.3 Å². The molecule has 0 radical (unpaired) electrons. The summed E-state index contributed by atoms with van der Waals surface area (Å²) < 4.78 is 3.77. The summed E-state index contributed by atoms with van der Waals surface area (Å²) in [6.45, 7) is 2.52. The summed E-state index contributed by atoms with van der Waals surface area (Å²) in [6, 6.07) is 15.4. The lowest BCUT2D eigenvalue weighted by Crippen LogP contribution is -2.31. The zero-order valence-corrected chi connectivity index (χ0v) is 18.6. The van der Waals surface area contributed by atoms with Crippen molar-refractivity contribution >= 4 is 28.3 Å². The number of imidazole rings is 1. The Bertz CT molecular complexity index is 1370. The van der Waals surface area contributed by atoms with E-state index in [4.69, 9.17) is 0 Å². The average Bonchev–Trinajstić information content (AvgIpc) is 3.55. The van der Waals surface area contributed by atoms with Crippen molar-refractivity contribution in [3.63, 3.8) is 0 Å². The van der Waals surface area contributed by atoms with Gasteiger partial charge in [0.25, 0.3) is 5.91 Å². The summed E-state index contributed by atoms with van der Waals surface area (Å²) in [5, 5.41) is 10.5.